The minimum absolute atomic E-state index is 0.299. The number of carbonyl (C=O) groups excluding carboxylic acids is 2. The van der Waals surface area contributed by atoms with Gasteiger partial charge in [0.25, 0.3) is 0 Å². The molecule has 0 fully saturated rings. The second-order valence-corrected chi connectivity index (χ2v) is 6.54. The van der Waals surface area contributed by atoms with E-state index in [4.69, 9.17) is 9.47 Å². The molecule has 0 bridgehead atoms. The van der Waals surface area contributed by atoms with E-state index in [1.165, 1.54) is 4.90 Å². The maximum absolute atomic E-state index is 12.3. The van der Waals surface area contributed by atoms with Crippen molar-refractivity contribution in [3.8, 4) is 0 Å². The van der Waals surface area contributed by atoms with Crippen LogP contribution in [0.5, 0.6) is 0 Å². The summed E-state index contributed by atoms with van der Waals surface area (Å²) >= 11 is 3.40. The lowest BCUT2D eigenvalue weighted by atomic mass is 10.0. The van der Waals surface area contributed by atoms with Crippen LogP contribution in [0.4, 0.5) is 10.5 Å². The molecule has 1 amide bonds. The molecule has 3 rings (SSSR count). The van der Waals surface area contributed by atoms with Gasteiger partial charge in [0, 0.05) is 16.6 Å². The number of halogens is 1. The smallest absolute Gasteiger partial charge is 0.419 e. The maximum atomic E-state index is 12.3. The summed E-state index contributed by atoms with van der Waals surface area (Å²) in [5, 5.41) is 0. The lowest BCUT2D eigenvalue weighted by Crippen LogP contribution is -2.35. The number of esters is 1. The summed E-state index contributed by atoms with van der Waals surface area (Å²) in [6, 6.07) is 12.7. The third-order valence-corrected chi connectivity index (χ3v) is 4.49. The standard InChI is InChI=1S/C20H18BrNO4/c1-3-22-17-10-7-14(19(23)25-4-2)12-16(17)18(26-20(22)24)11-13-5-8-15(21)9-6-13/h5-12H,3-4H2,1-2H3/b18-11-. The quantitative estimate of drug-likeness (QED) is 0.651. The van der Waals surface area contributed by atoms with Crippen LogP contribution < -0.4 is 4.90 Å². The van der Waals surface area contributed by atoms with Crippen molar-refractivity contribution in [3.05, 3.63) is 63.6 Å². The second-order valence-electron chi connectivity index (χ2n) is 5.62. The van der Waals surface area contributed by atoms with Gasteiger partial charge >= 0.3 is 12.1 Å². The number of hydrogen-bond acceptors (Lipinski definition) is 4. The summed E-state index contributed by atoms with van der Waals surface area (Å²) < 4.78 is 11.6. The first-order valence-corrected chi connectivity index (χ1v) is 9.11. The van der Waals surface area contributed by atoms with Crippen LogP contribution >= 0.6 is 15.9 Å². The molecule has 1 aliphatic rings. The summed E-state index contributed by atoms with van der Waals surface area (Å²) in [6.07, 6.45) is 1.35. The Hall–Kier alpha value is -2.60. The van der Waals surface area contributed by atoms with Crippen molar-refractivity contribution in [1.29, 1.82) is 0 Å². The van der Waals surface area contributed by atoms with Gasteiger partial charge in [-0.05, 0) is 55.8 Å². The van der Waals surface area contributed by atoms with Crippen LogP contribution in [0.15, 0.2) is 46.9 Å². The number of amides is 1. The molecular formula is C20H18BrNO4. The summed E-state index contributed by atoms with van der Waals surface area (Å²) in [5.41, 5.74) is 2.69. The molecule has 0 spiro atoms. The van der Waals surface area contributed by atoms with Crippen molar-refractivity contribution in [2.45, 2.75) is 13.8 Å². The summed E-state index contributed by atoms with van der Waals surface area (Å²) in [6.45, 7) is 4.40. The normalized spacial score (nSPS) is 14.8. The fourth-order valence-corrected chi connectivity index (χ4v) is 2.99. The Morgan fingerprint density at radius 2 is 1.92 bits per heavy atom. The number of anilines is 1. The number of nitrogens with zero attached hydrogens (tertiary/aromatic N) is 1. The second kappa shape index (κ2) is 7.74. The van der Waals surface area contributed by atoms with E-state index < -0.39 is 12.1 Å². The van der Waals surface area contributed by atoms with E-state index in [0.717, 1.165) is 10.0 Å². The number of fused-ring (bicyclic) bond motifs is 1. The molecule has 1 heterocycles. The largest absolute Gasteiger partial charge is 0.462 e. The highest BCUT2D eigenvalue weighted by molar-refractivity contribution is 9.10. The molecule has 26 heavy (non-hydrogen) atoms. The zero-order valence-corrected chi connectivity index (χ0v) is 16.1. The molecular weight excluding hydrogens is 398 g/mol. The molecule has 0 saturated carbocycles. The van der Waals surface area contributed by atoms with Crippen molar-refractivity contribution in [1.82, 2.24) is 0 Å². The van der Waals surface area contributed by atoms with Crippen molar-refractivity contribution >= 4 is 45.5 Å². The molecule has 134 valence electrons. The Morgan fingerprint density at radius 1 is 1.19 bits per heavy atom. The lowest BCUT2D eigenvalue weighted by Gasteiger charge is -2.29. The van der Waals surface area contributed by atoms with Gasteiger partial charge in [-0.1, -0.05) is 28.1 Å². The fraction of sp³-hybridized carbons (Fsp3) is 0.200. The Morgan fingerprint density at radius 3 is 2.58 bits per heavy atom. The number of rotatable bonds is 4. The molecule has 1 aliphatic heterocycles. The van der Waals surface area contributed by atoms with Gasteiger partial charge < -0.3 is 9.47 Å². The van der Waals surface area contributed by atoms with Crippen molar-refractivity contribution in [3.63, 3.8) is 0 Å². The first-order chi connectivity index (χ1) is 12.5. The Bertz CT molecular complexity index is 874. The minimum Gasteiger partial charge on any atom is -0.462 e. The monoisotopic (exact) mass is 415 g/mol. The molecule has 0 N–H and O–H groups in total. The van der Waals surface area contributed by atoms with Gasteiger partial charge in [-0.3, -0.25) is 4.90 Å². The van der Waals surface area contributed by atoms with Gasteiger partial charge in [0.2, 0.25) is 0 Å². The van der Waals surface area contributed by atoms with Crippen molar-refractivity contribution < 1.29 is 19.1 Å². The topological polar surface area (TPSA) is 55.8 Å². The van der Waals surface area contributed by atoms with Crippen LogP contribution in [0, 0.1) is 0 Å². The van der Waals surface area contributed by atoms with E-state index in [9.17, 15) is 9.59 Å². The summed E-state index contributed by atoms with van der Waals surface area (Å²) in [5.74, 6) is 0.00131. The van der Waals surface area contributed by atoms with Gasteiger partial charge in [-0.15, -0.1) is 0 Å². The van der Waals surface area contributed by atoms with E-state index in [1.54, 1.807) is 31.2 Å². The number of hydrogen-bond donors (Lipinski definition) is 0. The zero-order chi connectivity index (χ0) is 18.7. The van der Waals surface area contributed by atoms with Crippen LogP contribution in [-0.4, -0.2) is 25.2 Å². The summed E-state index contributed by atoms with van der Waals surface area (Å²) in [7, 11) is 0. The average molecular weight is 416 g/mol. The molecule has 6 heteroatoms. The van der Waals surface area contributed by atoms with Crippen LogP contribution in [0.3, 0.4) is 0 Å². The van der Waals surface area contributed by atoms with E-state index in [-0.39, 0.29) is 0 Å². The van der Waals surface area contributed by atoms with E-state index in [0.29, 0.717) is 35.7 Å². The summed E-state index contributed by atoms with van der Waals surface area (Å²) in [4.78, 5) is 25.9. The molecule has 0 atom stereocenters. The number of carbonyl (C=O) groups is 2. The highest BCUT2D eigenvalue weighted by Gasteiger charge is 2.29. The fourth-order valence-electron chi connectivity index (χ4n) is 2.73. The maximum Gasteiger partial charge on any atom is 0.419 e. The third kappa shape index (κ3) is 3.65. The van der Waals surface area contributed by atoms with E-state index in [2.05, 4.69) is 15.9 Å². The molecule has 0 unspecified atom stereocenters. The minimum atomic E-state index is -0.438. The number of cyclic esters (lactones) is 1. The zero-order valence-electron chi connectivity index (χ0n) is 14.5. The lowest BCUT2D eigenvalue weighted by molar-refractivity contribution is 0.0526. The molecule has 0 radical (unpaired) electrons. The number of ether oxygens (including phenoxy) is 2. The van der Waals surface area contributed by atoms with Gasteiger partial charge in [0.05, 0.1) is 17.9 Å². The molecule has 2 aromatic rings. The molecule has 5 nitrogen and oxygen atoms in total. The predicted molar refractivity (Wildman–Crippen MR) is 104 cm³/mol. The van der Waals surface area contributed by atoms with Gasteiger partial charge in [0.15, 0.2) is 0 Å². The Balaban J connectivity index is 2.10. The van der Waals surface area contributed by atoms with Crippen molar-refractivity contribution in [2.75, 3.05) is 18.1 Å². The van der Waals surface area contributed by atoms with E-state index in [1.807, 2.05) is 31.2 Å². The van der Waals surface area contributed by atoms with Crippen molar-refractivity contribution in [2.24, 2.45) is 0 Å². The highest BCUT2D eigenvalue weighted by atomic mass is 79.9. The molecule has 0 saturated heterocycles. The first kappa shape index (κ1) is 18.2. The van der Waals surface area contributed by atoms with Crippen LogP contribution in [0.25, 0.3) is 11.8 Å². The SMILES string of the molecule is CCOC(=O)c1ccc2c(c1)/C(=C/c1ccc(Br)cc1)OC(=O)N2CC. The third-order valence-electron chi connectivity index (χ3n) is 3.97. The van der Waals surface area contributed by atoms with E-state index >= 15 is 0 Å². The van der Waals surface area contributed by atoms with Gasteiger partial charge in [-0.2, -0.15) is 0 Å². The highest BCUT2D eigenvalue weighted by Crippen LogP contribution is 2.36. The van der Waals surface area contributed by atoms with Crippen LogP contribution in [-0.2, 0) is 9.47 Å². The van der Waals surface area contributed by atoms with Gasteiger partial charge in [-0.25, -0.2) is 9.59 Å². The average Bonchev–Trinajstić information content (AvgIpc) is 2.63. The molecule has 0 aliphatic carbocycles. The Kier molecular flexibility index (Phi) is 5.42. The number of benzene rings is 2. The van der Waals surface area contributed by atoms with Crippen LogP contribution in [0.1, 0.15) is 35.3 Å². The predicted octanol–water partition coefficient (Wildman–Crippen LogP) is 5.10. The Labute approximate surface area is 160 Å². The molecule has 2 aromatic carbocycles. The molecule has 0 aromatic heterocycles. The van der Waals surface area contributed by atoms with Gasteiger partial charge in [0.1, 0.15) is 5.76 Å². The van der Waals surface area contributed by atoms with Crippen LogP contribution in [0.2, 0.25) is 0 Å². The first-order valence-electron chi connectivity index (χ1n) is 8.31.